The van der Waals surface area contributed by atoms with Crippen LogP contribution < -0.4 is 4.74 Å². The Labute approximate surface area is 140 Å². The first-order valence-corrected chi connectivity index (χ1v) is 7.96. The fraction of sp³-hybridized carbons (Fsp3) is 0.471. The van der Waals surface area contributed by atoms with Gasteiger partial charge in [-0.05, 0) is 31.0 Å². The summed E-state index contributed by atoms with van der Waals surface area (Å²) in [5.74, 6) is 1.94. The highest BCUT2D eigenvalue weighted by atomic mass is 16.5. The summed E-state index contributed by atoms with van der Waals surface area (Å²) in [6.45, 7) is 2.82. The van der Waals surface area contributed by atoms with Gasteiger partial charge in [0.05, 0.1) is 18.2 Å². The Morgan fingerprint density at radius 3 is 2.96 bits per heavy atom. The van der Waals surface area contributed by atoms with E-state index in [1.165, 1.54) is 0 Å². The normalized spacial score (nSPS) is 16.0. The minimum Gasteiger partial charge on any atom is -0.490 e. The van der Waals surface area contributed by atoms with Crippen LogP contribution in [0.4, 0.5) is 0 Å². The molecule has 0 aliphatic carbocycles. The molecule has 1 aromatic carbocycles. The van der Waals surface area contributed by atoms with Crippen LogP contribution in [0.5, 0.6) is 5.75 Å². The summed E-state index contributed by atoms with van der Waals surface area (Å²) in [6.07, 6.45) is 2.02. The quantitative estimate of drug-likeness (QED) is 0.803. The zero-order valence-corrected chi connectivity index (χ0v) is 13.6. The van der Waals surface area contributed by atoms with Crippen LogP contribution in [-0.2, 0) is 17.9 Å². The maximum atomic E-state index is 8.94. The standard InChI is InChI=1S/C17H20N4O3/c1-22-12-16-19-17(24-20-16)11-21-7-5-14(6-8-21)23-15-4-2-3-13(9-15)10-18/h2-4,9,14H,5-8,11-12H2,1H3. The van der Waals surface area contributed by atoms with Gasteiger partial charge in [-0.1, -0.05) is 11.2 Å². The van der Waals surface area contributed by atoms with E-state index in [1.54, 1.807) is 19.2 Å². The molecule has 0 unspecified atom stereocenters. The van der Waals surface area contributed by atoms with E-state index in [2.05, 4.69) is 21.1 Å². The van der Waals surface area contributed by atoms with Crippen LogP contribution in [0, 0.1) is 11.3 Å². The van der Waals surface area contributed by atoms with Gasteiger partial charge in [0.2, 0.25) is 5.89 Å². The minimum absolute atomic E-state index is 0.168. The van der Waals surface area contributed by atoms with Crippen LogP contribution in [-0.4, -0.2) is 41.3 Å². The smallest absolute Gasteiger partial charge is 0.240 e. The molecule has 1 fully saturated rings. The van der Waals surface area contributed by atoms with Crippen molar-refractivity contribution in [1.82, 2.24) is 15.0 Å². The summed E-state index contributed by atoms with van der Waals surface area (Å²) < 4.78 is 16.2. The number of benzene rings is 1. The van der Waals surface area contributed by atoms with Gasteiger partial charge in [0, 0.05) is 20.2 Å². The van der Waals surface area contributed by atoms with Crippen molar-refractivity contribution >= 4 is 0 Å². The fourth-order valence-electron chi connectivity index (χ4n) is 2.75. The van der Waals surface area contributed by atoms with Crippen molar-refractivity contribution in [2.45, 2.75) is 32.1 Å². The predicted molar refractivity (Wildman–Crippen MR) is 85.1 cm³/mol. The van der Waals surface area contributed by atoms with Crippen molar-refractivity contribution in [3.8, 4) is 11.8 Å². The molecule has 2 aromatic rings. The van der Waals surface area contributed by atoms with Crippen LogP contribution in [0.1, 0.15) is 30.1 Å². The lowest BCUT2D eigenvalue weighted by atomic mass is 10.1. The van der Waals surface area contributed by atoms with Crippen LogP contribution >= 0.6 is 0 Å². The largest absolute Gasteiger partial charge is 0.490 e. The molecule has 0 N–H and O–H groups in total. The Morgan fingerprint density at radius 2 is 2.21 bits per heavy atom. The molecule has 7 heteroatoms. The number of aromatic nitrogens is 2. The van der Waals surface area contributed by atoms with Gasteiger partial charge in [-0.3, -0.25) is 4.90 Å². The van der Waals surface area contributed by atoms with Crippen molar-refractivity contribution in [2.24, 2.45) is 0 Å². The summed E-state index contributed by atoms with van der Waals surface area (Å²) in [5, 5.41) is 12.8. The third-order valence-corrected chi connectivity index (χ3v) is 3.94. The van der Waals surface area contributed by atoms with E-state index in [9.17, 15) is 0 Å². The van der Waals surface area contributed by atoms with Gasteiger partial charge in [0.15, 0.2) is 5.82 Å². The van der Waals surface area contributed by atoms with Gasteiger partial charge >= 0.3 is 0 Å². The summed E-state index contributed by atoms with van der Waals surface area (Å²) in [7, 11) is 1.60. The summed E-state index contributed by atoms with van der Waals surface area (Å²) in [4.78, 5) is 6.57. The third kappa shape index (κ3) is 4.31. The molecule has 24 heavy (non-hydrogen) atoms. The Balaban J connectivity index is 1.47. The zero-order chi connectivity index (χ0) is 16.8. The molecule has 1 saturated heterocycles. The lowest BCUT2D eigenvalue weighted by molar-refractivity contribution is 0.0904. The fourth-order valence-corrected chi connectivity index (χ4v) is 2.75. The lowest BCUT2D eigenvalue weighted by Gasteiger charge is -2.31. The number of rotatable bonds is 6. The second kappa shape index (κ2) is 7.90. The number of ether oxygens (including phenoxy) is 2. The van der Waals surface area contributed by atoms with E-state index in [1.807, 2.05) is 12.1 Å². The lowest BCUT2D eigenvalue weighted by Crippen LogP contribution is -2.37. The molecule has 0 spiro atoms. The SMILES string of the molecule is COCc1noc(CN2CCC(Oc3cccc(C#N)c3)CC2)n1. The summed E-state index contributed by atoms with van der Waals surface area (Å²) in [6, 6.07) is 9.42. The second-order valence-corrected chi connectivity index (χ2v) is 5.77. The molecular weight excluding hydrogens is 308 g/mol. The number of nitriles is 1. The number of likely N-dealkylation sites (tertiary alicyclic amines) is 1. The number of hydrogen-bond donors (Lipinski definition) is 0. The minimum atomic E-state index is 0.168. The van der Waals surface area contributed by atoms with Gasteiger partial charge in [-0.2, -0.15) is 10.2 Å². The highest BCUT2D eigenvalue weighted by Crippen LogP contribution is 2.20. The first kappa shape index (κ1) is 16.4. The maximum Gasteiger partial charge on any atom is 0.240 e. The van der Waals surface area contributed by atoms with Gasteiger partial charge in [-0.15, -0.1) is 0 Å². The van der Waals surface area contributed by atoms with E-state index in [0.29, 0.717) is 30.4 Å². The van der Waals surface area contributed by atoms with Crippen LogP contribution in [0.2, 0.25) is 0 Å². The Bertz CT molecular complexity index is 702. The molecule has 3 rings (SSSR count). The Kier molecular flexibility index (Phi) is 5.41. The van der Waals surface area contributed by atoms with Crippen molar-refractivity contribution in [3.63, 3.8) is 0 Å². The highest BCUT2D eigenvalue weighted by Gasteiger charge is 2.22. The maximum absolute atomic E-state index is 8.94. The van der Waals surface area contributed by atoms with Crippen LogP contribution in [0.15, 0.2) is 28.8 Å². The summed E-state index contributed by atoms with van der Waals surface area (Å²) >= 11 is 0. The first-order chi connectivity index (χ1) is 11.8. The van der Waals surface area contributed by atoms with Gasteiger partial charge in [-0.25, -0.2) is 0 Å². The second-order valence-electron chi connectivity index (χ2n) is 5.77. The zero-order valence-electron chi connectivity index (χ0n) is 13.6. The van der Waals surface area contributed by atoms with E-state index in [4.69, 9.17) is 19.3 Å². The first-order valence-electron chi connectivity index (χ1n) is 7.96. The predicted octanol–water partition coefficient (Wildman–Crippen LogP) is 2.13. The molecule has 126 valence electrons. The molecule has 0 bridgehead atoms. The third-order valence-electron chi connectivity index (χ3n) is 3.94. The topological polar surface area (TPSA) is 84.4 Å². The molecule has 0 amide bonds. The summed E-state index contributed by atoms with van der Waals surface area (Å²) in [5.41, 5.74) is 0.619. The average Bonchev–Trinajstić information content (AvgIpc) is 3.04. The average molecular weight is 328 g/mol. The van der Waals surface area contributed by atoms with E-state index < -0.39 is 0 Å². The molecule has 2 heterocycles. The molecule has 1 aromatic heterocycles. The molecule has 0 saturated carbocycles. The molecule has 7 nitrogen and oxygen atoms in total. The Hall–Kier alpha value is -2.43. The Morgan fingerprint density at radius 1 is 1.38 bits per heavy atom. The number of piperidine rings is 1. The highest BCUT2D eigenvalue weighted by molar-refractivity contribution is 5.36. The molecule has 0 atom stereocenters. The van der Waals surface area contributed by atoms with Crippen molar-refractivity contribution in [2.75, 3.05) is 20.2 Å². The monoisotopic (exact) mass is 328 g/mol. The van der Waals surface area contributed by atoms with Crippen molar-refractivity contribution < 1.29 is 14.0 Å². The van der Waals surface area contributed by atoms with Crippen molar-refractivity contribution in [1.29, 1.82) is 5.26 Å². The number of nitrogens with zero attached hydrogens (tertiary/aromatic N) is 4. The molecule has 1 aliphatic rings. The molecule has 1 aliphatic heterocycles. The van der Waals surface area contributed by atoms with Crippen LogP contribution in [0.3, 0.4) is 0 Å². The van der Waals surface area contributed by atoms with Crippen molar-refractivity contribution in [3.05, 3.63) is 41.5 Å². The van der Waals surface area contributed by atoms with Gasteiger partial charge in [0.1, 0.15) is 18.5 Å². The number of hydrogen-bond acceptors (Lipinski definition) is 7. The van der Waals surface area contributed by atoms with E-state index >= 15 is 0 Å². The van der Waals surface area contributed by atoms with E-state index in [0.717, 1.165) is 31.7 Å². The van der Waals surface area contributed by atoms with Crippen LogP contribution in [0.25, 0.3) is 0 Å². The number of methoxy groups -OCH3 is 1. The van der Waals surface area contributed by atoms with Gasteiger partial charge < -0.3 is 14.0 Å². The molecule has 0 radical (unpaired) electrons. The van der Waals surface area contributed by atoms with Gasteiger partial charge in [0.25, 0.3) is 0 Å². The molecular formula is C17H20N4O3. The van der Waals surface area contributed by atoms with E-state index in [-0.39, 0.29) is 6.10 Å².